The van der Waals surface area contributed by atoms with Gasteiger partial charge in [0.2, 0.25) is 5.91 Å². The Kier molecular flexibility index (Phi) is 5.54. The van der Waals surface area contributed by atoms with Crippen molar-refractivity contribution in [2.45, 2.75) is 52.5 Å². The van der Waals surface area contributed by atoms with E-state index in [1.807, 2.05) is 4.90 Å². The number of likely N-dealkylation sites (tertiary alicyclic amines) is 1. The Morgan fingerprint density at radius 2 is 1.57 bits per heavy atom. The van der Waals surface area contributed by atoms with Crippen molar-refractivity contribution >= 4 is 29.3 Å². The summed E-state index contributed by atoms with van der Waals surface area (Å²) in [5.74, 6) is -1.18. The molecule has 2 aromatic carbocycles. The molecule has 3 aliphatic rings. The van der Waals surface area contributed by atoms with Crippen molar-refractivity contribution in [2.75, 3.05) is 18.4 Å². The van der Waals surface area contributed by atoms with E-state index >= 15 is 0 Å². The van der Waals surface area contributed by atoms with Crippen LogP contribution in [0.5, 0.6) is 0 Å². The van der Waals surface area contributed by atoms with Crippen LogP contribution in [0.15, 0.2) is 48.5 Å². The van der Waals surface area contributed by atoms with E-state index in [1.54, 1.807) is 48.5 Å². The van der Waals surface area contributed by atoms with Gasteiger partial charge in [-0.25, -0.2) is 0 Å². The zero-order chi connectivity index (χ0) is 25.0. The topological polar surface area (TPSA) is 86.8 Å². The van der Waals surface area contributed by atoms with Gasteiger partial charge in [-0.1, -0.05) is 45.0 Å². The van der Waals surface area contributed by atoms with Gasteiger partial charge in [0.1, 0.15) is 0 Å². The number of para-hydroxylation sites is 1. The molecule has 1 saturated heterocycles. The van der Waals surface area contributed by atoms with Crippen LogP contribution >= 0.6 is 0 Å². The Labute approximate surface area is 205 Å². The molecule has 7 nitrogen and oxygen atoms in total. The number of nitrogens with zero attached hydrogens (tertiary/aromatic N) is 2. The monoisotopic (exact) mass is 473 g/mol. The number of hydrogen-bond acceptors (Lipinski definition) is 4. The molecule has 2 heterocycles. The maximum absolute atomic E-state index is 13.6. The summed E-state index contributed by atoms with van der Waals surface area (Å²) in [7, 11) is 0. The molecule has 35 heavy (non-hydrogen) atoms. The predicted octanol–water partition coefficient (Wildman–Crippen LogP) is 4.35. The molecule has 1 saturated carbocycles. The number of hydrogen-bond donors (Lipinski definition) is 1. The van der Waals surface area contributed by atoms with E-state index in [0.717, 1.165) is 30.7 Å². The highest BCUT2D eigenvalue weighted by Gasteiger charge is 2.51. The first-order valence-corrected chi connectivity index (χ1v) is 12.2. The number of anilines is 1. The molecular formula is C28H31N3O4. The predicted molar refractivity (Wildman–Crippen MR) is 132 cm³/mol. The van der Waals surface area contributed by atoms with Gasteiger partial charge in [0.25, 0.3) is 17.7 Å². The Morgan fingerprint density at radius 1 is 0.943 bits per heavy atom. The van der Waals surface area contributed by atoms with Crippen molar-refractivity contribution in [1.29, 1.82) is 0 Å². The third kappa shape index (κ3) is 4.24. The lowest BCUT2D eigenvalue weighted by Gasteiger charge is -2.39. The quantitative estimate of drug-likeness (QED) is 0.654. The fourth-order valence-electron chi connectivity index (χ4n) is 6.50. The first-order chi connectivity index (χ1) is 16.6. The van der Waals surface area contributed by atoms with E-state index in [1.165, 1.54) is 0 Å². The van der Waals surface area contributed by atoms with E-state index in [2.05, 4.69) is 26.1 Å². The zero-order valence-corrected chi connectivity index (χ0v) is 20.5. The van der Waals surface area contributed by atoms with Crippen LogP contribution in [0.2, 0.25) is 0 Å². The molecule has 1 aliphatic carbocycles. The molecule has 2 unspecified atom stereocenters. The average molecular weight is 474 g/mol. The summed E-state index contributed by atoms with van der Waals surface area (Å²) in [6, 6.07) is 13.9. The maximum atomic E-state index is 13.6. The van der Waals surface area contributed by atoms with Crippen molar-refractivity contribution in [3.8, 4) is 0 Å². The summed E-state index contributed by atoms with van der Waals surface area (Å²) >= 11 is 0. The summed E-state index contributed by atoms with van der Waals surface area (Å²) in [4.78, 5) is 54.6. The number of carbonyl (C=O) groups is 4. The van der Waals surface area contributed by atoms with E-state index in [-0.39, 0.29) is 53.5 Å². The minimum atomic E-state index is -0.384. The lowest BCUT2D eigenvalue weighted by Crippen LogP contribution is -2.38. The third-order valence-electron chi connectivity index (χ3n) is 7.55. The SMILES string of the molecule is CC1(C)CC2CC(C)(CN2C(=O)c2ccccc2NC(=O)CCN2C(=O)c3ccccc3C2=O)C1. The second-order valence-electron chi connectivity index (χ2n) is 11.3. The number of benzene rings is 2. The van der Waals surface area contributed by atoms with Gasteiger partial charge in [0.05, 0.1) is 22.4 Å². The summed E-state index contributed by atoms with van der Waals surface area (Å²) in [5, 5.41) is 2.84. The van der Waals surface area contributed by atoms with Gasteiger partial charge in [-0.3, -0.25) is 24.1 Å². The lowest BCUT2D eigenvalue weighted by atomic mass is 9.65. The zero-order valence-electron chi connectivity index (χ0n) is 20.5. The van der Waals surface area contributed by atoms with Gasteiger partial charge in [-0.15, -0.1) is 0 Å². The van der Waals surface area contributed by atoms with Crippen LogP contribution in [0.3, 0.4) is 0 Å². The number of amides is 4. The summed E-state index contributed by atoms with van der Waals surface area (Å²) in [6.07, 6.45) is 3.03. The Hall–Kier alpha value is -3.48. The molecule has 2 bridgehead atoms. The molecule has 1 N–H and O–H groups in total. The fraction of sp³-hybridized carbons (Fsp3) is 0.429. The Balaban J connectivity index is 1.26. The molecule has 2 aliphatic heterocycles. The first-order valence-electron chi connectivity index (χ1n) is 12.2. The van der Waals surface area contributed by atoms with Gasteiger partial charge < -0.3 is 10.2 Å². The smallest absolute Gasteiger partial charge is 0.261 e. The van der Waals surface area contributed by atoms with E-state index in [4.69, 9.17) is 0 Å². The van der Waals surface area contributed by atoms with Crippen molar-refractivity contribution in [1.82, 2.24) is 9.80 Å². The van der Waals surface area contributed by atoms with Crippen LogP contribution in [0.4, 0.5) is 5.69 Å². The summed E-state index contributed by atoms with van der Waals surface area (Å²) < 4.78 is 0. The molecule has 5 rings (SSSR count). The minimum Gasteiger partial charge on any atom is -0.335 e. The second kappa shape index (κ2) is 8.33. The summed E-state index contributed by atoms with van der Waals surface area (Å²) in [5.41, 5.74) is 1.96. The average Bonchev–Trinajstić information content (AvgIpc) is 3.20. The van der Waals surface area contributed by atoms with Crippen LogP contribution in [-0.4, -0.2) is 52.6 Å². The van der Waals surface area contributed by atoms with Crippen molar-refractivity contribution in [2.24, 2.45) is 10.8 Å². The largest absolute Gasteiger partial charge is 0.335 e. The van der Waals surface area contributed by atoms with Gasteiger partial charge in [0, 0.05) is 25.6 Å². The van der Waals surface area contributed by atoms with E-state index < -0.39 is 0 Å². The highest BCUT2D eigenvalue weighted by atomic mass is 16.2. The number of imide groups is 1. The van der Waals surface area contributed by atoms with Gasteiger partial charge >= 0.3 is 0 Å². The standard InChI is InChI=1S/C28H31N3O4/c1-27(2)14-18-15-28(3,16-27)17-31(18)26(35)21-10-6-7-11-22(21)29-23(32)12-13-30-24(33)19-8-4-5-9-20(19)25(30)34/h4-11,18H,12-17H2,1-3H3,(H,29,32). The van der Waals surface area contributed by atoms with Crippen molar-refractivity contribution < 1.29 is 19.2 Å². The minimum absolute atomic E-state index is 0.0179. The number of carbonyl (C=O) groups excluding carboxylic acids is 4. The third-order valence-corrected chi connectivity index (χ3v) is 7.55. The number of nitrogens with one attached hydrogen (secondary N) is 1. The lowest BCUT2D eigenvalue weighted by molar-refractivity contribution is -0.116. The van der Waals surface area contributed by atoms with Crippen molar-refractivity contribution in [3.63, 3.8) is 0 Å². The maximum Gasteiger partial charge on any atom is 0.261 e. The molecule has 0 radical (unpaired) electrons. The second-order valence-corrected chi connectivity index (χ2v) is 11.3. The Morgan fingerprint density at radius 3 is 2.26 bits per heavy atom. The molecule has 4 amide bonds. The molecule has 2 aromatic rings. The van der Waals surface area contributed by atoms with Crippen molar-refractivity contribution in [3.05, 3.63) is 65.2 Å². The summed E-state index contributed by atoms with van der Waals surface area (Å²) in [6.45, 7) is 7.51. The van der Waals surface area contributed by atoms with Crippen LogP contribution in [0.1, 0.15) is 77.5 Å². The van der Waals surface area contributed by atoms with Crippen LogP contribution < -0.4 is 5.32 Å². The highest BCUT2D eigenvalue weighted by Crippen LogP contribution is 2.52. The van der Waals surface area contributed by atoms with E-state index in [0.29, 0.717) is 22.4 Å². The first kappa shape index (κ1) is 23.3. The number of rotatable bonds is 5. The molecule has 2 fully saturated rings. The van der Waals surface area contributed by atoms with Gasteiger partial charge in [-0.2, -0.15) is 0 Å². The van der Waals surface area contributed by atoms with Gasteiger partial charge in [-0.05, 0) is 54.4 Å². The van der Waals surface area contributed by atoms with Gasteiger partial charge in [0.15, 0.2) is 0 Å². The van der Waals surface area contributed by atoms with Crippen LogP contribution in [0.25, 0.3) is 0 Å². The Bertz CT molecular complexity index is 1200. The number of fused-ring (bicyclic) bond motifs is 3. The molecule has 182 valence electrons. The van der Waals surface area contributed by atoms with Crippen LogP contribution in [-0.2, 0) is 4.79 Å². The fourth-order valence-corrected chi connectivity index (χ4v) is 6.50. The van der Waals surface area contributed by atoms with Crippen LogP contribution in [0, 0.1) is 10.8 Å². The molecule has 0 aromatic heterocycles. The molecule has 7 heteroatoms. The molecule has 0 spiro atoms. The van der Waals surface area contributed by atoms with E-state index in [9.17, 15) is 19.2 Å². The highest BCUT2D eigenvalue weighted by molar-refractivity contribution is 6.21. The molecule has 2 atom stereocenters. The normalized spacial score (nSPS) is 24.5. The molecular weight excluding hydrogens is 442 g/mol.